The first kappa shape index (κ1) is 16.0. The van der Waals surface area contributed by atoms with Crippen LogP contribution in [0.15, 0.2) is 47.6 Å². The molecule has 24 heavy (non-hydrogen) atoms. The van der Waals surface area contributed by atoms with Gasteiger partial charge < -0.3 is 4.74 Å². The predicted molar refractivity (Wildman–Crippen MR) is 100 cm³/mol. The highest BCUT2D eigenvalue weighted by Crippen LogP contribution is 2.27. The van der Waals surface area contributed by atoms with Gasteiger partial charge in [0.25, 0.3) is 0 Å². The molecule has 1 N–H and O–H groups in total. The van der Waals surface area contributed by atoms with Gasteiger partial charge in [0.2, 0.25) is 0 Å². The summed E-state index contributed by atoms with van der Waals surface area (Å²) in [5, 5.41) is 5.46. The van der Waals surface area contributed by atoms with E-state index in [0.717, 1.165) is 33.6 Å². The number of hydrazone groups is 1. The maximum absolute atomic E-state index is 5.16. The molecule has 0 atom stereocenters. The minimum Gasteiger partial charge on any atom is -0.497 e. The molecule has 0 aliphatic carbocycles. The number of nitrogens with one attached hydrogen (secondary N) is 1. The van der Waals surface area contributed by atoms with Gasteiger partial charge in [-0.1, -0.05) is 11.6 Å². The van der Waals surface area contributed by atoms with E-state index in [2.05, 4.69) is 41.5 Å². The summed E-state index contributed by atoms with van der Waals surface area (Å²) in [5.74, 6) is 0.835. The fraction of sp³-hybridized carbons (Fsp3) is 0.200. The van der Waals surface area contributed by atoms with Gasteiger partial charge in [-0.15, -0.1) is 0 Å². The van der Waals surface area contributed by atoms with Crippen molar-refractivity contribution in [1.82, 2.24) is 4.98 Å². The Kier molecular flexibility index (Phi) is 4.47. The number of benzene rings is 2. The Morgan fingerprint density at radius 3 is 2.50 bits per heavy atom. The van der Waals surface area contributed by atoms with Crippen molar-refractivity contribution >= 4 is 22.8 Å². The number of aromatic nitrogens is 1. The molecule has 0 aliphatic heterocycles. The quantitative estimate of drug-likeness (QED) is 0.564. The number of anilines is 1. The number of pyridine rings is 1. The van der Waals surface area contributed by atoms with Crippen molar-refractivity contribution in [3.63, 3.8) is 0 Å². The second-order valence-corrected chi connectivity index (χ2v) is 5.93. The zero-order chi connectivity index (χ0) is 17.1. The average Bonchev–Trinajstić information content (AvgIpc) is 2.56. The van der Waals surface area contributed by atoms with Crippen LogP contribution in [0.3, 0.4) is 0 Å². The lowest BCUT2D eigenvalue weighted by Gasteiger charge is -2.10. The summed E-state index contributed by atoms with van der Waals surface area (Å²) in [6.45, 7) is 6.18. The van der Waals surface area contributed by atoms with Gasteiger partial charge in [-0.3, -0.25) is 10.4 Å². The average molecular weight is 319 g/mol. The van der Waals surface area contributed by atoms with E-state index in [4.69, 9.17) is 4.74 Å². The van der Waals surface area contributed by atoms with E-state index in [9.17, 15) is 0 Å². The molecular weight excluding hydrogens is 298 g/mol. The second kappa shape index (κ2) is 6.71. The van der Waals surface area contributed by atoms with Crippen molar-refractivity contribution in [2.75, 3.05) is 12.5 Å². The number of hydrogen-bond donors (Lipinski definition) is 1. The summed E-state index contributed by atoms with van der Waals surface area (Å²) in [5.41, 5.74) is 9.51. The van der Waals surface area contributed by atoms with Crippen molar-refractivity contribution in [3.05, 3.63) is 64.8 Å². The lowest BCUT2D eigenvalue weighted by Crippen LogP contribution is -1.96. The van der Waals surface area contributed by atoms with E-state index < -0.39 is 0 Å². The Hall–Kier alpha value is -2.88. The van der Waals surface area contributed by atoms with Crippen molar-refractivity contribution < 1.29 is 4.74 Å². The van der Waals surface area contributed by atoms with Crippen LogP contribution in [0, 0.1) is 20.8 Å². The second-order valence-electron chi connectivity index (χ2n) is 5.93. The standard InChI is InChI=1S/C20H21N3O/c1-13-9-14(2)20-18(10-13)19(11-15(3)22-20)23-21-12-16-5-7-17(24-4)8-6-16/h5-12H,1-4H3,(H,22,23)/b21-12+. The number of aryl methyl sites for hydroxylation is 3. The van der Waals surface area contributed by atoms with E-state index in [1.165, 1.54) is 11.1 Å². The fourth-order valence-corrected chi connectivity index (χ4v) is 2.77. The smallest absolute Gasteiger partial charge is 0.118 e. The van der Waals surface area contributed by atoms with Gasteiger partial charge >= 0.3 is 0 Å². The van der Waals surface area contributed by atoms with Crippen LogP contribution in [-0.2, 0) is 0 Å². The Morgan fingerprint density at radius 2 is 1.79 bits per heavy atom. The number of rotatable bonds is 4. The largest absolute Gasteiger partial charge is 0.497 e. The van der Waals surface area contributed by atoms with Gasteiger partial charge in [0, 0.05) is 11.1 Å². The van der Waals surface area contributed by atoms with Crippen LogP contribution >= 0.6 is 0 Å². The Balaban J connectivity index is 1.90. The Bertz CT molecular complexity index is 899. The Morgan fingerprint density at radius 1 is 1.04 bits per heavy atom. The molecule has 0 aliphatic rings. The molecule has 0 bridgehead atoms. The van der Waals surface area contributed by atoms with Gasteiger partial charge in [-0.05, 0) is 68.3 Å². The van der Waals surface area contributed by atoms with Crippen LogP contribution in [0.5, 0.6) is 5.75 Å². The topological polar surface area (TPSA) is 46.5 Å². The van der Waals surface area contributed by atoms with Crippen LogP contribution in [-0.4, -0.2) is 18.3 Å². The van der Waals surface area contributed by atoms with Gasteiger partial charge in [-0.25, -0.2) is 0 Å². The summed E-state index contributed by atoms with van der Waals surface area (Å²) in [6, 6.07) is 14.1. The van der Waals surface area contributed by atoms with Gasteiger partial charge in [0.15, 0.2) is 0 Å². The fourth-order valence-electron chi connectivity index (χ4n) is 2.77. The molecule has 0 amide bonds. The third-order valence-electron chi connectivity index (χ3n) is 3.89. The van der Waals surface area contributed by atoms with Crippen molar-refractivity contribution in [2.24, 2.45) is 5.10 Å². The zero-order valence-electron chi connectivity index (χ0n) is 14.4. The first-order chi connectivity index (χ1) is 11.6. The van der Waals surface area contributed by atoms with E-state index in [-0.39, 0.29) is 0 Å². The van der Waals surface area contributed by atoms with Crippen molar-refractivity contribution in [3.8, 4) is 5.75 Å². The molecule has 3 aromatic rings. The summed E-state index contributed by atoms with van der Waals surface area (Å²) < 4.78 is 5.16. The van der Waals surface area contributed by atoms with Gasteiger partial charge in [0.05, 0.1) is 24.5 Å². The number of methoxy groups -OCH3 is 1. The minimum atomic E-state index is 0.835. The van der Waals surface area contributed by atoms with Crippen LogP contribution in [0.2, 0.25) is 0 Å². The first-order valence-electron chi connectivity index (χ1n) is 7.88. The monoisotopic (exact) mass is 319 g/mol. The summed E-state index contributed by atoms with van der Waals surface area (Å²) in [6.07, 6.45) is 1.80. The molecule has 122 valence electrons. The molecule has 3 rings (SSSR count). The molecule has 0 saturated carbocycles. The third-order valence-corrected chi connectivity index (χ3v) is 3.89. The molecule has 0 radical (unpaired) electrons. The Labute approximate surface area is 142 Å². The number of nitrogens with zero attached hydrogens (tertiary/aromatic N) is 2. The lowest BCUT2D eigenvalue weighted by atomic mass is 10.1. The maximum atomic E-state index is 5.16. The van der Waals surface area contributed by atoms with Gasteiger partial charge in [0.1, 0.15) is 5.75 Å². The predicted octanol–water partition coefficient (Wildman–Crippen LogP) is 4.61. The summed E-state index contributed by atoms with van der Waals surface area (Å²) in [7, 11) is 1.66. The lowest BCUT2D eigenvalue weighted by molar-refractivity contribution is 0.415. The van der Waals surface area contributed by atoms with Crippen LogP contribution in [0.1, 0.15) is 22.4 Å². The van der Waals surface area contributed by atoms with E-state index >= 15 is 0 Å². The molecule has 0 fully saturated rings. The molecular formula is C20H21N3O. The van der Waals surface area contributed by atoms with Crippen LogP contribution in [0.4, 0.5) is 5.69 Å². The number of hydrogen-bond acceptors (Lipinski definition) is 4. The molecule has 1 heterocycles. The van der Waals surface area contributed by atoms with Crippen molar-refractivity contribution in [2.45, 2.75) is 20.8 Å². The number of ether oxygens (including phenoxy) is 1. The maximum Gasteiger partial charge on any atom is 0.118 e. The van der Waals surface area contributed by atoms with Crippen molar-refractivity contribution in [1.29, 1.82) is 0 Å². The van der Waals surface area contributed by atoms with E-state index in [0.29, 0.717) is 0 Å². The number of fused-ring (bicyclic) bond motifs is 1. The molecule has 2 aromatic carbocycles. The summed E-state index contributed by atoms with van der Waals surface area (Å²) >= 11 is 0. The first-order valence-corrected chi connectivity index (χ1v) is 7.88. The van der Waals surface area contributed by atoms with Gasteiger partial charge in [-0.2, -0.15) is 5.10 Å². The molecule has 0 spiro atoms. The molecule has 4 nitrogen and oxygen atoms in total. The molecule has 0 unspecified atom stereocenters. The molecule has 1 aromatic heterocycles. The molecule has 4 heteroatoms. The molecule has 0 saturated heterocycles. The van der Waals surface area contributed by atoms with Crippen LogP contribution < -0.4 is 10.2 Å². The zero-order valence-corrected chi connectivity index (χ0v) is 14.4. The summed E-state index contributed by atoms with van der Waals surface area (Å²) in [4.78, 5) is 4.66. The van der Waals surface area contributed by atoms with E-state index in [1.807, 2.05) is 37.3 Å². The highest BCUT2D eigenvalue weighted by atomic mass is 16.5. The minimum absolute atomic E-state index is 0.835. The normalized spacial score (nSPS) is 11.2. The van der Waals surface area contributed by atoms with E-state index in [1.54, 1.807) is 13.3 Å². The third kappa shape index (κ3) is 3.38. The van der Waals surface area contributed by atoms with Crippen LogP contribution in [0.25, 0.3) is 10.9 Å². The highest BCUT2D eigenvalue weighted by molar-refractivity contribution is 5.94. The SMILES string of the molecule is COc1ccc(/C=N/Nc2cc(C)nc3c(C)cc(C)cc23)cc1. The highest BCUT2D eigenvalue weighted by Gasteiger charge is 2.06.